The molecule has 0 aromatic heterocycles. The average Bonchev–Trinajstić information content (AvgIpc) is 2.13. The van der Waals surface area contributed by atoms with Crippen molar-refractivity contribution in [2.75, 3.05) is 5.73 Å². The molecule has 78 valence electrons. The summed E-state index contributed by atoms with van der Waals surface area (Å²) in [5.74, 6) is 0. The number of hydrogen-bond donors (Lipinski definition) is 2. The SMILES string of the molecule is CCCC(O)c1cc(Cl)c(N)c(Cl)c1. The molecular formula is C10H13Cl2NO. The van der Waals surface area contributed by atoms with Crippen LogP contribution in [0.2, 0.25) is 10.0 Å². The second-order valence-corrected chi connectivity index (χ2v) is 4.02. The molecule has 2 nitrogen and oxygen atoms in total. The van der Waals surface area contributed by atoms with Gasteiger partial charge >= 0.3 is 0 Å². The number of benzene rings is 1. The van der Waals surface area contributed by atoms with E-state index < -0.39 is 6.10 Å². The summed E-state index contributed by atoms with van der Waals surface area (Å²) in [6.07, 6.45) is 1.08. The lowest BCUT2D eigenvalue weighted by Crippen LogP contribution is -1.98. The van der Waals surface area contributed by atoms with Gasteiger partial charge in [0.15, 0.2) is 0 Å². The summed E-state index contributed by atoms with van der Waals surface area (Å²) in [4.78, 5) is 0. The molecular weight excluding hydrogens is 221 g/mol. The molecule has 3 N–H and O–H groups in total. The lowest BCUT2D eigenvalue weighted by molar-refractivity contribution is 0.166. The van der Waals surface area contributed by atoms with Crippen molar-refractivity contribution in [2.24, 2.45) is 0 Å². The Balaban J connectivity index is 3.00. The summed E-state index contributed by atoms with van der Waals surface area (Å²) in [7, 11) is 0. The molecule has 0 saturated carbocycles. The third-order valence-corrected chi connectivity index (χ3v) is 2.67. The maximum Gasteiger partial charge on any atom is 0.0791 e. The largest absolute Gasteiger partial charge is 0.396 e. The van der Waals surface area contributed by atoms with Gasteiger partial charge in [-0.3, -0.25) is 0 Å². The van der Waals surface area contributed by atoms with Crippen molar-refractivity contribution in [3.63, 3.8) is 0 Å². The third kappa shape index (κ3) is 2.53. The monoisotopic (exact) mass is 233 g/mol. The molecule has 1 aromatic carbocycles. The molecule has 14 heavy (non-hydrogen) atoms. The first-order valence-electron chi connectivity index (χ1n) is 4.48. The number of aliphatic hydroxyl groups is 1. The minimum atomic E-state index is -0.518. The summed E-state index contributed by atoms with van der Waals surface area (Å²) in [6, 6.07) is 3.31. The van der Waals surface area contributed by atoms with Crippen LogP contribution >= 0.6 is 23.2 Å². The Bertz CT molecular complexity index is 305. The van der Waals surface area contributed by atoms with Gasteiger partial charge in [0.1, 0.15) is 0 Å². The standard InChI is InChI=1S/C10H13Cl2NO/c1-2-3-9(14)6-4-7(11)10(13)8(12)5-6/h4-5,9,14H,2-3,13H2,1H3. The Kier molecular flexibility index (Phi) is 4.05. The highest BCUT2D eigenvalue weighted by Gasteiger charge is 2.10. The lowest BCUT2D eigenvalue weighted by Gasteiger charge is -2.11. The Morgan fingerprint density at radius 1 is 1.36 bits per heavy atom. The van der Waals surface area contributed by atoms with Crippen LogP contribution in [0.4, 0.5) is 5.69 Å². The van der Waals surface area contributed by atoms with Gasteiger partial charge in [0.05, 0.1) is 21.8 Å². The van der Waals surface area contributed by atoms with Gasteiger partial charge in [0.25, 0.3) is 0 Å². The molecule has 1 unspecified atom stereocenters. The molecule has 4 heteroatoms. The van der Waals surface area contributed by atoms with E-state index in [1.807, 2.05) is 6.92 Å². The van der Waals surface area contributed by atoms with Crippen LogP contribution in [-0.4, -0.2) is 5.11 Å². The van der Waals surface area contributed by atoms with E-state index in [9.17, 15) is 5.11 Å². The maximum absolute atomic E-state index is 9.70. The van der Waals surface area contributed by atoms with Gasteiger partial charge in [0.2, 0.25) is 0 Å². The molecule has 0 fully saturated rings. The van der Waals surface area contributed by atoms with Gasteiger partial charge < -0.3 is 10.8 Å². The third-order valence-electron chi connectivity index (χ3n) is 2.05. The lowest BCUT2D eigenvalue weighted by atomic mass is 10.1. The Labute approximate surface area is 93.6 Å². The van der Waals surface area contributed by atoms with Crippen LogP contribution in [0.25, 0.3) is 0 Å². The molecule has 0 heterocycles. The summed E-state index contributed by atoms with van der Waals surface area (Å²) in [5, 5.41) is 10.5. The summed E-state index contributed by atoms with van der Waals surface area (Å²) in [6.45, 7) is 2.00. The number of anilines is 1. The highest BCUT2D eigenvalue weighted by atomic mass is 35.5. The smallest absolute Gasteiger partial charge is 0.0791 e. The normalized spacial score (nSPS) is 12.9. The van der Waals surface area contributed by atoms with Gasteiger partial charge in [-0.05, 0) is 24.1 Å². The van der Waals surface area contributed by atoms with E-state index in [0.717, 1.165) is 12.0 Å². The highest BCUT2D eigenvalue weighted by Crippen LogP contribution is 2.32. The zero-order valence-electron chi connectivity index (χ0n) is 7.93. The number of nitrogens with two attached hydrogens (primary N) is 1. The summed E-state index contributed by atoms with van der Waals surface area (Å²) >= 11 is 11.7. The van der Waals surface area contributed by atoms with Crippen molar-refractivity contribution in [3.05, 3.63) is 27.7 Å². The minimum Gasteiger partial charge on any atom is -0.396 e. The van der Waals surface area contributed by atoms with Crippen molar-refractivity contribution in [2.45, 2.75) is 25.9 Å². The zero-order chi connectivity index (χ0) is 10.7. The average molecular weight is 234 g/mol. The van der Waals surface area contributed by atoms with Crippen molar-refractivity contribution in [3.8, 4) is 0 Å². The Morgan fingerprint density at radius 2 is 1.86 bits per heavy atom. The van der Waals surface area contributed by atoms with E-state index in [1.165, 1.54) is 0 Å². The Hall–Kier alpha value is -0.440. The van der Waals surface area contributed by atoms with Gasteiger partial charge in [0, 0.05) is 0 Å². The fourth-order valence-electron chi connectivity index (χ4n) is 1.24. The van der Waals surface area contributed by atoms with E-state index in [4.69, 9.17) is 28.9 Å². The van der Waals surface area contributed by atoms with Gasteiger partial charge in [-0.15, -0.1) is 0 Å². The van der Waals surface area contributed by atoms with Crippen molar-refractivity contribution in [1.29, 1.82) is 0 Å². The number of nitrogen functional groups attached to an aromatic ring is 1. The quantitative estimate of drug-likeness (QED) is 0.787. The number of halogens is 2. The summed E-state index contributed by atoms with van der Waals surface area (Å²) < 4.78 is 0. The fourth-order valence-corrected chi connectivity index (χ4v) is 1.74. The first kappa shape index (κ1) is 11.6. The van der Waals surface area contributed by atoms with Crippen molar-refractivity contribution < 1.29 is 5.11 Å². The second-order valence-electron chi connectivity index (χ2n) is 3.20. The van der Waals surface area contributed by atoms with Crippen LogP contribution in [0.5, 0.6) is 0 Å². The second kappa shape index (κ2) is 4.87. The maximum atomic E-state index is 9.70. The number of hydrogen-bond acceptors (Lipinski definition) is 2. The van der Waals surface area contributed by atoms with E-state index >= 15 is 0 Å². The molecule has 0 aliphatic carbocycles. The summed E-state index contributed by atoms with van der Waals surface area (Å²) in [5.41, 5.74) is 6.66. The molecule has 1 rings (SSSR count). The van der Waals surface area contributed by atoms with E-state index in [0.29, 0.717) is 22.2 Å². The molecule has 0 spiro atoms. The molecule has 0 aliphatic rings. The molecule has 0 amide bonds. The van der Waals surface area contributed by atoms with Crippen LogP contribution < -0.4 is 5.73 Å². The van der Waals surface area contributed by atoms with Crippen molar-refractivity contribution >= 4 is 28.9 Å². The van der Waals surface area contributed by atoms with Crippen LogP contribution in [0.3, 0.4) is 0 Å². The first-order valence-corrected chi connectivity index (χ1v) is 5.24. The molecule has 1 atom stereocenters. The topological polar surface area (TPSA) is 46.2 Å². The van der Waals surface area contributed by atoms with Crippen LogP contribution in [0.1, 0.15) is 31.4 Å². The zero-order valence-corrected chi connectivity index (χ0v) is 9.44. The molecule has 0 aliphatic heterocycles. The van der Waals surface area contributed by atoms with Gasteiger partial charge in [-0.1, -0.05) is 36.5 Å². The van der Waals surface area contributed by atoms with Gasteiger partial charge in [-0.2, -0.15) is 0 Å². The minimum absolute atomic E-state index is 0.362. The van der Waals surface area contributed by atoms with Crippen LogP contribution in [0, 0.1) is 0 Å². The first-order chi connectivity index (χ1) is 6.56. The van der Waals surface area contributed by atoms with Crippen LogP contribution in [0.15, 0.2) is 12.1 Å². The predicted octanol–water partition coefficient (Wildman–Crippen LogP) is 3.41. The van der Waals surface area contributed by atoms with Crippen molar-refractivity contribution in [1.82, 2.24) is 0 Å². The van der Waals surface area contributed by atoms with E-state index in [2.05, 4.69) is 0 Å². The molecule has 0 radical (unpaired) electrons. The molecule has 1 aromatic rings. The number of aliphatic hydroxyl groups excluding tert-OH is 1. The van der Waals surface area contributed by atoms with E-state index in [1.54, 1.807) is 12.1 Å². The molecule has 0 bridgehead atoms. The highest BCUT2D eigenvalue weighted by molar-refractivity contribution is 6.38. The van der Waals surface area contributed by atoms with Gasteiger partial charge in [-0.25, -0.2) is 0 Å². The number of rotatable bonds is 3. The van der Waals surface area contributed by atoms with E-state index in [-0.39, 0.29) is 0 Å². The Morgan fingerprint density at radius 3 is 2.29 bits per heavy atom. The fraction of sp³-hybridized carbons (Fsp3) is 0.400. The molecule has 0 saturated heterocycles. The van der Waals surface area contributed by atoms with Crippen LogP contribution in [-0.2, 0) is 0 Å². The predicted molar refractivity (Wildman–Crippen MR) is 60.7 cm³/mol.